The van der Waals surface area contributed by atoms with Gasteiger partial charge in [-0.2, -0.15) is 0 Å². The van der Waals surface area contributed by atoms with Gasteiger partial charge in [0.25, 0.3) is 0 Å². The van der Waals surface area contributed by atoms with Gasteiger partial charge in [-0.05, 0) is 24.3 Å². The molecule has 1 aliphatic rings. The molecule has 0 bridgehead atoms. The normalized spacial score (nSPS) is 15.0. The summed E-state index contributed by atoms with van der Waals surface area (Å²) in [5, 5.41) is 0. The molecular weight excluding hydrogens is 387 g/mol. The number of ether oxygens (including phenoxy) is 1. The second-order valence-electron chi connectivity index (χ2n) is 6.37. The lowest BCUT2D eigenvalue weighted by atomic mass is 10.3. The molecule has 144 valence electrons. The predicted molar refractivity (Wildman–Crippen MR) is 110 cm³/mol. The van der Waals surface area contributed by atoms with Crippen LogP contribution in [0.1, 0.15) is 0 Å². The second-order valence-corrected chi connectivity index (χ2v) is 6.37. The summed E-state index contributed by atoms with van der Waals surface area (Å²) in [6.07, 6.45) is 3.74. The van der Waals surface area contributed by atoms with Gasteiger partial charge in [0.2, 0.25) is 5.78 Å². The quantitative estimate of drug-likeness (QED) is 0.516. The number of furan rings is 1. The van der Waals surface area contributed by atoms with Gasteiger partial charge >= 0.3 is 0 Å². The number of para-hydroxylation sites is 2. The maximum Gasteiger partial charge on any atom is 0.215 e. The van der Waals surface area contributed by atoms with Gasteiger partial charge in [-0.3, -0.25) is 9.30 Å². The number of hydrogen-bond acceptors (Lipinski definition) is 4. The first kappa shape index (κ1) is 19.8. The van der Waals surface area contributed by atoms with Crippen LogP contribution in [0.25, 0.3) is 28.3 Å². The van der Waals surface area contributed by atoms with Crippen LogP contribution >= 0.6 is 24.8 Å². The Labute approximate surface area is 169 Å². The molecule has 4 aromatic rings. The van der Waals surface area contributed by atoms with Crippen molar-refractivity contribution in [3.8, 4) is 11.5 Å². The monoisotopic (exact) mass is 408 g/mol. The minimum absolute atomic E-state index is 0. The first-order valence-electron chi connectivity index (χ1n) is 8.70. The predicted octanol–water partition coefficient (Wildman–Crippen LogP) is 3.72. The van der Waals surface area contributed by atoms with Crippen molar-refractivity contribution in [3.63, 3.8) is 0 Å². The molecule has 1 aromatic carbocycles. The number of aromatic nitrogens is 3. The van der Waals surface area contributed by atoms with E-state index in [-0.39, 0.29) is 24.8 Å². The van der Waals surface area contributed by atoms with Crippen LogP contribution in [0.15, 0.2) is 53.3 Å². The van der Waals surface area contributed by atoms with Crippen molar-refractivity contribution in [1.29, 1.82) is 0 Å². The molecule has 8 heteroatoms. The van der Waals surface area contributed by atoms with Crippen molar-refractivity contribution in [2.24, 2.45) is 0 Å². The molecule has 3 aromatic heterocycles. The largest absolute Gasteiger partial charge is 0.463 e. The van der Waals surface area contributed by atoms with Gasteiger partial charge < -0.3 is 13.7 Å². The fraction of sp³-hybridized carbons (Fsp3) is 0.316. The summed E-state index contributed by atoms with van der Waals surface area (Å²) in [6, 6.07) is 12.3. The number of morpholine rings is 1. The van der Waals surface area contributed by atoms with Crippen molar-refractivity contribution in [2.75, 3.05) is 32.8 Å². The van der Waals surface area contributed by atoms with E-state index in [0.29, 0.717) is 0 Å². The van der Waals surface area contributed by atoms with Gasteiger partial charge in [0.05, 0.1) is 30.5 Å². The number of hydrogen-bond donors (Lipinski definition) is 0. The third-order valence-electron chi connectivity index (χ3n) is 4.88. The number of halogens is 2. The molecule has 1 aliphatic heterocycles. The van der Waals surface area contributed by atoms with Crippen LogP contribution in [0.4, 0.5) is 0 Å². The molecule has 0 atom stereocenters. The molecule has 1 fully saturated rings. The summed E-state index contributed by atoms with van der Waals surface area (Å²) in [4.78, 5) is 7.29. The van der Waals surface area contributed by atoms with Crippen molar-refractivity contribution >= 4 is 41.6 Å². The Balaban J connectivity index is 0.00000105. The van der Waals surface area contributed by atoms with Crippen LogP contribution in [0.2, 0.25) is 0 Å². The zero-order chi connectivity index (χ0) is 16.6. The van der Waals surface area contributed by atoms with Crippen LogP contribution in [0.3, 0.4) is 0 Å². The Morgan fingerprint density at radius 2 is 1.70 bits per heavy atom. The highest BCUT2D eigenvalue weighted by Crippen LogP contribution is 2.25. The molecule has 0 radical (unpaired) electrons. The van der Waals surface area contributed by atoms with E-state index in [1.165, 1.54) is 11.0 Å². The molecular formula is C19H22Cl2N4O2. The summed E-state index contributed by atoms with van der Waals surface area (Å²) in [5.41, 5.74) is 3.25. The fourth-order valence-electron chi connectivity index (χ4n) is 3.57. The van der Waals surface area contributed by atoms with E-state index in [4.69, 9.17) is 14.1 Å². The van der Waals surface area contributed by atoms with E-state index in [0.717, 1.165) is 56.6 Å². The minimum Gasteiger partial charge on any atom is -0.463 e. The fourth-order valence-corrected chi connectivity index (χ4v) is 3.57. The molecule has 0 spiro atoms. The standard InChI is InChI=1S/C19H20N4O2.2ClH/c1-2-5-17-16(4-1)22(8-7-21-9-12-24-13-10-21)19-20-15(14-23(17)19)18-6-3-11-25-18;;/h1-6,11,14H,7-10,12-13H2;2*1H. The van der Waals surface area contributed by atoms with Crippen LogP contribution < -0.4 is 0 Å². The molecule has 6 nitrogen and oxygen atoms in total. The zero-order valence-corrected chi connectivity index (χ0v) is 16.4. The van der Waals surface area contributed by atoms with E-state index in [9.17, 15) is 0 Å². The third-order valence-corrected chi connectivity index (χ3v) is 4.88. The molecule has 4 heterocycles. The first-order valence-corrected chi connectivity index (χ1v) is 8.70. The van der Waals surface area contributed by atoms with Crippen LogP contribution in [-0.2, 0) is 11.3 Å². The second kappa shape index (κ2) is 8.35. The van der Waals surface area contributed by atoms with Crippen LogP contribution in [-0.4, -0.2) is 51.7 Å². The number of nitrogens with zero attached hydrogens (tertiary/aromatic N) is 4. The highest BCUT2D eigenvalue weighted by atomic mass is 35.5. The van der Waals surface area contributed by atoms with Gasteiger partial charge in [-0.1, -0.05) is 12.1 Å². The average Bonchev–Trinajstić information content (AvgIpc) is 3.37. The van der Waals surface area contributed by atoms with Crippen molar-refractivity contribution in [3.05, 3.63) is 48.9 Å². The maximum atomic E-state index is 5.52. The van der Waals surface area contributed by atoms with Crippen LogP contribution in [0.5, 0.6) is 0 Å². The first-order chi connectivity index (χ1) is 12.4. The molecule has 0 N–H and O–H groups in total. The molecule has 1 saturated heterocycles. The van der Waals surface area contributed by atoms with Crippen LogP contribution in [0, 0.1) is 0 Å². The van der Waals surface area contributed by atoms with E-state index < -0.39 is 0 Å². The Morgan fingerprint density at radius 3 is 2.44 bits per heavy atom. The Morgan fingerprint density at radius 1 is 0.926 bits per heavy atom. The van der Waals surface area contributed by atoms with E-state index in [1.54, 1.807) is 6.26 Å². The molecule has 0 unspecified atom stereocenters. The zero-order valence-electron chi connectivity index (χ0n) is 14.8. The lowest BCUT2D eigenvalue weighted by Gasteiger charge is -2.26. The third kappa shape index (κ3) is 3.58. The van der Waals surface area contributed by atoms with E-state index in [1.807, 2.05) is 12.1 Å². The van der Waals surface area contributed by atoms with Gasteiger partial charge in [-0.25, -0.2) is 4.98 Å². The Hall–Kier alpha value is -1.99. The molecule has 5 rings (SSSR count). The Kier molecular flexibility index (Phi) is 6.11. The molecule has 0 saturated carbocycles. The highest BCUT2D eigenvalue weighted by molar-refractivity contribution is 5.85. The summed E-state index contributed by atoms with van der Waals surface area (Å²) in [7, 11) is 0. The number of benzene rings is 1. The summed E-state index contributed by atoms with van der Waals surface area (Å²) < 4.78 is 15.4. The molecule has 0 aliphatic carbocycles. The average molecular weight is 409 g/mol. The van der Waals surface area contributed by atoms with Gasteiger partial charge in [-0.15, -0.1) is 24.8 Å². The SMILES string of the molecule is Cl.Cl.c1coc(-c2cn3c4ccccc4n(CCN4CCOCC4)c3n2)c1. The maximum absolute atomic E-state index is 5.52. The summed E-state index contributed by atoms with van der Waals surface area (Å²) in [6.45, 7) is 5.57. The number of fused-ring (bicyclic) bond motifs is 3. The molecule has 27 heavy (non-hydrogen) atoms. The van der Waals surface area contributed by atoms with Gasteiger partial charge in [0.15, 0.2) is 5.76 Å². The Bertz CT molecular complexity index is 1000. The lowest BCUT2D eigenvalue weighted by molar-refractivity contribution is 0.0366. The van der Waals surface area contributed by atoms with E-state index in [2.05, 4.69) is 44.3 Å². The minimum atomic E-state index is 0. The van der Waals surface area contributed by atoms with Crippen molar-refractivity contribution in [1.82, 2.24) is 18.9 Å². The smallest absolute Gasteiger partial charge is 0.215 e. The number of imidazole rings is 2. The molecule has 0 amide bonds. The van der Waals surface area contributed by atoms with E-state index >= 15 is 0 Å². The van der Waals surface area contributed by atoms with Gasteiger partial charge in [0.1, 0.15) is 5.69 Å². The van der Waals surface area contributed by atoms with Crippen molar-refractivity contribution < 1.29 is 9.15 Å². The lowest BCUT2D eigenvalue weighted by Crippen LogP contribution is -2.38. The van der Waals surface area contributed by atoms with Crippen molar-refractivity contribution in [2.45, 2.75) is 6.54 Å². The summed E-state index contributed by atoms with van der Waals surface area (Å²) >= 11 is 0. The number of rotatable bonds is 4. The topological polar surface area (TPSA) is 47.8 Å². The highest BCUT2D eigenvalue weighted by Gasteiger charge is 2.17. The van der Waals surface area contributed by atoms with Gasteiger partial charge in [0, 0.05) is 32.4 Å². The summed E-state index contributed by atoms with van der Waals surface area (Å²) in [5.74, 6) is 1.76.